The molecule has 2 heterocycles. The molecule has 1 N–H and O–H groups in total. The molecular weight excluding hydrogens is 385 g/mol. The predicted molar refractivity (Wildman–Crippen MR) is 100 cm³/mol. The van der Waals surface area contributed by atoms with Crippen molar-refractivity contribution in [3.05, 3.63) is 51.0 Å². The Balaban J connectivity index is 1.57. The fourth-order valence-electron chi connectivity index (χ4n) is 3.08. The molecule has 2 amide bonds. The normalized spacial score (nSPS) is 14.7. The highest BCUT2D eigenvalue weighted by atomic mass is 19.1. The number of aryl methyl sites for hydroxylation is 1. The second-order valence-electron chi connectivity index (χ2n) is 6.80. The van der Waals surface area contributed by atoms with Gasteiger partial charge < -0.3 is 14.7 Å². The molecule has 1 fully saturated rings. The zero-order chi connectivity index (χ0) is 21.1. The first-order valence-electron chi connectivity index (χ1n) is 8.94. The number of nitrogens with one attached hydrogen (secondary N) is 1. The van der Waals surface area contributed by atoms with E-state index in [9.17, 15) is 24.1 Å². The molecular formula is C18H20FN5O5. The number of hydrogen-bond donors (Lipinski definition) is 1. The van der Waals surface area contributed by atoms with Gasteiger partial charge in [0.05, 0.1) is 17.0 Å². The van der Waals surface area contributed by atoms with Crippen molar-refractivity contribution in [1.82, 2.24) is 15.0 Å². The summed E-state index contributed by atoms with van der Waals surface area (Å²) in [4.78, 5) is 38.4. The van der Waals surface area contributed by atoms with E-state index in [1.165, 1.54) is 11.8 Å². The summed E-state index contributed by atoms with van der Waals surface area (Å²) in [5.41, 5.74) is -0.594. The van der Waals surface area contributed by atoms with Gasteiger partial charge in [0.2, 0.25) is 5.91 Å². The summed E-state index contributed by atoms with van der Waals surface area (Å²) >= 11 is 0. The molecule has 29 heavy (non-hydrogen) atoms. The minimum Gasteiger partial charge on any atom is -0.360 e. The van der Waals surface area contributed by atoms with Crippen LogP contribution < -0.4 is 5.32 Å². The van der Waals surface area contributed by atoms with E-state index < -0.39 is 22.3 Å². The summed E-state index contributed by atoms with van der Waals surface area (Å²) < 4.78 is 18.9. The van der Waals surface area contributed by atoms with Gasteiger partial charge in [0, 0.05) is 43.9 Å². The van der Waals surface area contributed by atoms with Gasteiger partial charge in [-0.3, -0.25) is 24.6 Å². The van der Waals surface area contributed by atoms with Gasteiger partial charge in [-0.25, -0.2) is 4.39 Å². The quantitative estimate of drug-likeness (QED) is 0.594. The number of nitro benzene ring substituents is 1. The molecule has 0 bridgehead atoms. The second kappa shape index (κ2) is 8.35. The van der Waals surface area contributed by atoms with E-state index in [0.29, 0.717) is 37.8 Å². The lowest BCUT2D eigenvalue weighted by Crippen LogP contribution is -2.50. The molecule has 0 aliphatic carbocycles. The molecule has 1 aromatic heterocycles. The van der Waals surface area contributed by atoms with E-state index >= 15 is 0 Å². The first-order valence-corrected chi connectivity index (χ1v) is 8.94. The Bertz CT molecular complexity index is 952. The third-order valence-electron chi connectivity index (χ3n) is 4.68. The number of hydrogen-bond acceptors (Lipinski definition) is 7. The predicted octanol–water partition coefficient (Wildman–Crippen LogP) is 1.74. The van der Waals surface area contributed by atoms with Crippen LogP contribution in [0.5, 0.6) is 0 Å². The zero-order valence-corrected chi connectivity index (χ0v) is 16.0. The maximum Gasteiger partial charge on any atom is 0.276 e. The van der Waals surface area contributed by atoms with Crippen LogP contribution in [0.15, 0.2) is 22.7 Å². The Kier molecular flexibility index (Phi) is 5.87. The summed E-state index contributed by atoms with van der Waals surface area (Å²) in [6.07, 6.45) is 0. The number of amides is 2. The number of carbonyl (C=O) groups is 2. The van der Waals surface area contributed by atoms with Crippen LogP contribution in [-0.2, 0) is 4.79 Å². The van der Waals surface area contributed by atoms with Crippen LogP contribution in [0.4, 0.5) is 15.9 Å². The van der Waals surface area contributed by atoms with E-state index in [4.69, 9.17) is 4.52 Å². The molecule has 2 aromatic rings. The van der Waals surface area contributed by atoms with E-state index in [1.54, 1.807) is 13.0 Å². The van der Waals surface area contributed by atoms with Crippen LogP contribution in [0.1, 0.15) is 21.7 Å². The number of rotatable bonds is 5. The first-order chi connectivity index (χ1) is 13.7. The van der Waals surface area contributed by atoms with Crippen molar-refractivity contribution in [2.45, 2.75) is 13.8 Å². The van der Waals surface area contributed by atoms with E-state index in [2.05, 4.69) is 10.5 Å². The average Bonchev–Trinajstić information content (AvgIpc) is 3.08. The van der Waals surface area contributed by atoms with Gasteiger partial charge >= 0.3 is 0 Å². The van der Waals surface area contributed by atoms with Crippen molar-refractivity contribution >= 4 is 23.3 Å². The first kappa shape index (κ1) is 20.4. The molecule has 1 aliphatic heterocycles. The monoisotopic (exact) mass is 405 g/mol. The largest absolute Gasteiger partial charge is 0.360 e. The van der Waals surface area contributed by atoms with Crippen molar-refractivity contribution in [3.8, 4) is 0 Å². The molecule has 0 saturated carbocycles. The zero-order valence-electron chi connectivity index (χ0n) is 16.0. The number of anilines is 1. The summed E-state index contributed by atoms with van der Waals surface area (Å²) in [6, 6.07) is 3.72. The lowest BCUT2D eigenvalue weighted by Gasteiger charge is -2.34. The lowest BCUT2D eigenvalue weighted by molar-refractivity contribution is -0.385. The fraction of sp³-hybridized carbons (Fsp3) is 0.389. The molecule has 0 radical (unpaired) electrons. The molecule has 154 valence electrons. The van der Waals surface area contributed by atoms with Crippen molar-refractivity contribution in [3.63, 3.8) is 0 Å². The van der Waals surface area contributed by atoms with Gasteiger partial charge in [0.15, 0.2) is 5.82 Å². The topological polar surface area (TPSA) is 122 Å². The number of halogens is 1. The van der Waals surface area contributed by atoms with Crippen LogP contribution in [0.3, 0.4) is 0 Å². The molecule has 0 spiro atoms. The van der Waals surface area contributed by atoms with Crippen molar-refractivity contribution in [1.29, 1.82) is 0 Å². The van der Waals surface area contributed by atoms with Crippen LogP contribution in [0.25, 0.3) is 0 Å². The third kappa shape index (κ3) is 4.74. The number of piperazine rings is 1. The molecule has 0 unspecified atom stereocenters. The van der Waals surface area contributed by atoms with Gasteiger partial charge in [-0.2, -0.15) is 0 Å². The maximum absolute atomic E-state index is 14.0. The van der Waals surface area contributed by atoms with Gasteiger partial charge in [0.25, 0.3) is 11.6 Å². The summed E-state index contributed by atoms with van der Waals surface area (Å²) in [5.74, 6) is -0.603. The van der Waals surface area contributed by atoms with E-state index in [1.807, 2.05) is 4.90 Å². The van der Waals surface area contributed by atoms with Crippen LogP contribution in [0, 0.1) is 29.8 Å². The van der Waals surface area contributed by atoms with E-state index in [-0.39, 0.29) is 23.6 Å². The fourth-order valence-corrected chi connectivity index (χ4v) is 3.08. The average molecular weight is 405 g/mol. The summed E-state index contributed by atoms with van der Waals surface area (Å²) in [6.45, 7) is 4.65. The number of aromatic nitrogens is 1. The van der Waals surface area contributed by atoms with Crippen molar-refractivity contribution in [2.24, 2.45) is 0 Å². The summed E-state index contributed by atoms with van der Waals surface area (Å²) in [7, 11) is 0. The molecule has 1 aliphatic rings. The Morgan fingerprint density at radius 1 is 1.24 bits per heavy atom. The van der Waals surface area contributed by atoms with Crippen molar-refractivity contribution < 1.29 is 23.4 Å². The minimum absolute atomic E-state index is 0.0626. The highest BCUT2D eigenvalue weighted by Crippen LogP contribution is 2.24. The second-order valence-corrected chi connectivity index (χ2v) is 6.80. The maximum atomic E-state index is 14.0. The van der Waals surface area contributed by atoms with Gasteiger partial charge in [-0.05, 0) is 19.9 Å². The number of nitrogens with zero attached hydrogens (tertiary/aromatic N) is 4. The number of benzene rings is 1. The smallest absolute Gasteiger partial charge is 0.276 e. The summed E-state index contributed by atoms with van der Waals surface area (Å²) in [5, 5.41) is 17.4. The molecule has 0 atom stereocenters. The standard InChI is InChI=1S/C18H20FN5O5/c1-11-7-16(21-29-11)20-17(25)10-22-3-5-23(6-4-22)18(26)13-8-14(19)12(2)15(9-13)24(27)28/h7-9H,3-6,10H2,1-2H3,(H,20,21,25). The Morgan fingerprint density at radius 2 is 1.93 bits per heavy atom. The molecule has 10 nitrogen and oxygen atoms in total. The molecule has 1 saturated heterocycles. The Labute approximate surface area is 165 Å². The number of nitro groups is 1. The lowest BCUT2D eigenvalue weighted by atomic mass is 10.1. The van der Waals surface area contributed by atoms with Gasteiger partial charge in [-0.15, -0.1) is 0 Å². The SMILES string of the molecule is Cc1cc(NC(=O)CN2CCN(C(=O)c3cc(F)c(C)c([N+](=O)[O-])c3)CC2)no1. The minimum atomic E-state index is -0.791. The molecule has 11 heteroatoms. The Hall–Kier alpha value is -3.34. The van der Waals surface area contributed by atoms with Crippen molar-refractivity contribution in [2.75, 3.05) is 38.0 Å². The van der Waals surface area contributed by atoms with Gasteiger partial charge in [0.1, 0.15) is 11.6 Å². The highest BCUT2D eigenvalue weighted by molar-refractivity contribution is 5.95. The van der Waals surface area contributed by atoms with Crippen LogP contribution in [-0.4, -0.2) is 64.4 Å². The third-order valence-corrected chi connectivity index (χ3v) is 4.68. The highest BCUT2D eigenvalue weighted by Gasteiger charge is 2.26. The van der Waals surface area contributed by atoms with E-state index in [0.717, 1.165) is 12.1 Å². The molecule has 3 rings (SSSR count). The van der Waals surface area contributed by atoms with Gasteiger partial charge in [-0.1, -0.05) is 5.16 Å². The van der Waals surface area contributed by atoms with Crippen LogP contribution >= 0.6 is 0 Å². The number of carbonyl (C=O) groups excluding carboxylic acids is 2. The molecule has 1 aromatic carbocycles. The Morgan fingerprint density at radius 3 is 2.52 bits per heavy atom. The van der Waals surface area contributed by atoms with Crippen LogP contribution in [0.2, 0.25) is 0 Å².